The van der Waals surface area contributed by atoms with Gasteiger partial charge in [0.25, 0.3) is 0 Å². The normalized spacial score (nSPS) is 29.5. The highest BCUT2D eigenvalue weighted by atomic mass is 14.3. The lowest BCUT2D eigenvalue weighted by Gasteiger charge is -2.15. The quantitative estimate of drug-likeness (QED) is 0.492. The molecule has 2 aliphatic carbocycles. The van der Waals surface area contributed by atoms with Gasteiger partial charge in [-0.1, -0.05) is 29.9 Å². The van der Waals surface area contributed by atoms with Crippen LogP contribution in [0.15, 0.2) is 35.5 Å². The van der Waals surface area contributed by atoms with Crippen LogP contribution in [0, 0.1) is 5.92 Å². The third-order valence-corrected chi connectivity index (χ3v) is 2.75. The van der Waals surface area contributed by atoms with E-state index in [0.717, 1.165) is 5.92 Å². The van der Waals surface area contributed by atoms with E-state index in [2.05, 4.69) is 25.7 Å². The molecular formula is C11H14. The minimum atomic E-state index is 0.811. The predicted octanol–water partition coefficient (Wildman–Crippen LogP) is 3.23. The van der Waals surface area contributed by atoms with Crippen LogP contribution in [-0.4, -0.2) is 0 Å². The van der Waals surface area contributed by atoms with Crippen LogP contribution in [0.2, 0.25) is 0 Å². The van der Waals surface area contributed by atoms with Crippen LogP contribution in [-0.2, 0) is 0 Å². The van der Waals surface area contributed by atoms with E-state index in [0.29, 0.717) is 0 Å². The van der Waals surface area contributed by atoms with Gasteiger partial charge in [0, 0.05) is 0 Å². The van der Waals surface area contributed by atoms with E-state index in [1.165, 1.54) is 36.0 Å². The Morgan fingerprint density at radius 1 is 1.55 bits per heavy atom. The minimum absolute atomic E-state index is 0.811. The molecule has 1 saturated carbocycles. The van der Waals surface area contributed by atoms with Crippen molar-refractivity contribution in [3.05, 3.63) is 35.5 Å². The van der Waals surface area contributed by atoms with E-state index < -0.39 is 0 Å². The minimum Gasteiger partial charge on any atom is -0.0955 e. The van der Waals surface area contributed by atoms with E-state index in [9.17, 15) is 0 Å². The zero-order chi connectivity index (χ0) is 7.84. The number of fused-ring (bicyclic) bond motifs is 1. The summed E-state index contributed by atoms with van der Waals surface area (Å²) in [6.07, 6.45) is 8.44. The first-order chi connectivity index (χ1) is 5.27. The molecule has 0 nitrogen and oxygen atoms in total. The van der Waals surface area contributed by atoms with Crippen LogP contribution >= 0.6 is 0 Å². The summed E-state index contributed by atoms with van der Waals surface area (Å²) in [6.45, 7) is 6.25. The summed E-state index contributed by atoms with van der Waals surface area (Å²) in [5, 5.41) is 0. The molecule has 1 atom stereocenters. The fourth-order valence-corrected chi connectivity index (χ4v) is 2.03. The van der Waals surface area contributed by atoms with Crippen molar-refractivity contribution in [2.45, 2.75) is 26.2 Å². The first kappa shape index (κ1) is 6.90. The maximum absolute atomic E-state index is 4.08. The molecule has 2 aliphatic rings. The molecule has 2 rings (SSSR count). The summed E-state index contributed by atoms with van der Waals surface area (Å²) < 4.78 is 0. The first-order valence-corrected chi connectivity index (χ1v) is 4.34. The Balaban J connectivity index is 2.34. The van der Waals surface area contributed by atoms with Gasteiger partial charge in [-0.3, -0.25) is 0 Å². The molecule has 0 aromatic carbocycles. The molecule has 0 N–H and O–H groups in total. The maximum Gasteiger partial charge on any atom is -0.0121 e. The highest BCUT2D eigenvalue weighted by Crippen LogP contribution is 2.40. The van der Waals surface area contributed by atoms with Crippen molar-refractivity contribution in [2.24, 2.45) is 5.92 Å². The molecule has 0 radical (unpaired) electrons. The molecule has 58 valence electrons. The molecule has 0 aromatic heterocycles. The van der Waals surface area contributed by atoms with Gasteiger partial charge in [0.05, 0.1) is 0 Å². The second-order valence-corrected chi connectivity index (χ2v) is 3.62. The summed E-state index contributed by atoms with van der Waals surface area (Å²) >= 11 is 0. The Hall–Kier alpha value is -0.780. The lowest BCUT2D eigenvalue weighted by molar-refractivity contribution is 0.629. The molecular weight excluding hydrogens is 132 g/mol. The van der Waals surface area contributed by atoms with Gasteiger partial charge in [0.15, 0.2) is 0 Å². The Kier molecular flexibility index (Phi) is 1.49. The SMILES string of the molecule is C=C1CCC2CC=C(C)C=C12. The number of hydrogen-bond acceptors (Lipinski definition) is 0. The second-order valence-electron chi connectivity index (χ2n) is 3.62. The zero-order valence-corrected chi connectivity index (χ0v) is 7.06. The average Bonchev–Trinajstić information content (AvgIpc) is 2.33. The van der Waals surface area contributed by atoms with Crippen LogP contribution in [0.4, 0.5) is 0 Å². The number of allylic oxidation sites excluding steroid dienone is 5. The van der Waals surface area contributed by atoms with Gasteiger partial charge >= 0.3 is 0 Å². The van der Waals surface area contributed by atoms with Gasteiger partial charge in [-0.2, -0.15) is 0 Å². The van der Waals surface area contributed by atoms with Crippen LogP contribution in [0.25, 0.3) is 0 Å². The maximum atomic E-state index is 4.08. The standard InChI is InChI=1S/C11H14/c1-8-3-5-10-6-4-9(2)11(10)7-8/h3,7,10H,2,4-6H2,1H3. The zero-order valence-electron chi connectivity index (χ0n) is 7.06. The van der Waals surface area contributed by atoms with Crippen molar-refractivity contribution in [1.29, 1.82) is 0 Å². The summed E-state index contributed by atoms with van der Waals surface area (Å²) in [4.78, 5) is 0. The average molecular weight is 146 g/mol. The summed E-state index contributed by atoms with van der Waals surface area (Å²) in [5.41, 5.74) is 4.33. The lowest BCUT2D eigenvalue weighted by Crippen LogP contribution is -2.00. The summed E-state index contributed by atoms with van der Waals surface area (Å²) in [5.74, 6) is 0.811. The van der Waals surface area contributed by atoms with E-state index in [4.69, 9.17) is 0 Å². The fourth-order valence-electron chi connectivity index (χ4n) is 2.03. The highest BCUT2D eigenvalue weighted by molar-refractivity contribution is 5.43. The molecule has 0 aliphatic heterocycles. The second kappa shape index (κ2) is 2.37. The fraction of sp³-hybridized carbons (Fsp3) is 0.455. The molecule has 0 spiro atoms. The van der Waals surface area contributed by atoms with Crippen LogP contribution in [0.1, 0.15) is 26.2 Å². The molecule has 0 saturated heterocycles. The van der Waals surface area contributed by atoms with E-state index in [1.807, 2.05) is 0 Å². The molecule has 0 aromatic rings. The Morgan fingerprint density at radius 2 is 2.36 bits per heavy atom. The predicted molar refractivity (Wildman–Crippen MR) is 48.3 cm³/mol. The smallest absolute Gasteiger partial charge is 0.0121 e. The molecule has 1 unspecified atom stereocenters. The van der Waals surface area contributed by atoms with E-state index in [1.54, 1.807) is 0 Å². The largest absolute Gasteiger partial charge is 0.0955 e. The summed E-state index contributed by atoms with van der Waals surface area (Å²) in [6, 6.07) is 0. The number of hydrogen-bond donors (Lipinski definition) is 0. The van der Waals surface area contributed by atoms with Gasteiger partial charge in [-0.25, -0.2) is 0 Å². The monoisotopic (exact) mass is 146 g/mol. The molecule has 0 heteroatoms. The highest BCUT2D eigenvalue weighted by Gasteiger charge is 2.24. The van der Waals surface area contributed by atoms with Crippen molar-refractivity contribution >= 4 is 0 Å². The van der Waals surface area contributed by atoms with Gasteiger partial charge < -0.3 is 0 Å². The van der Waals surface area contributed by atoms with Crippen LogP contribution in [0.5, 0.6) is 0 Å². The van der Waals surface area contributed by atoms with Crippen LogP contribution in [0.3, 0.4) is 0 Å². The van der Waals surface area contributed by atoms with Crippen molar-refractivity contribution < 1.29 is 0 Å². The Morgan fingerprint density at radius 3 is 3.18 bits per heavy atom. The van der Waals surface area contributed by atoms with Crippen molar-refractivity contribution in [3.63, 3.8) is 0 Å². The number of rotatable bonds is 0. The molecule has 11 heavy (non-hydrogen) atoms. The first-order valence-electron chi connectivity index (χ1n) is 4.34. The van der Waals surface area contributed by atoms with Crippen molar-refractivity contribution in [3.8, 4) is 0 Å². The molecule has 1 fully saturated rings. The van der Waals surface area contributed by atoms with Crippen LogP contribution < -0.4 is 0 Å². The lowest BCUT2D eigenvalue weighted by atomic mass is 9.90. The van der Waals surface area contributed by atoms with Crippen molar-refractivity contribution in [2.75, 3.05) is 0 Å². The van der Waals surface area contributed by atoms with E-state index >= 15 is 0 Å². The molecule has 0 bridgehead atoms. The van der Waals surface area contributed by atoms with Gasteiger partial charge in [0.2, 0.25) is 0 Å². The van der Waals surface area contributed by atoms with E-state index in [-0.39, 0.29) is 0 Å². The van der Waals surface area contributed by atoms with Gasteiger partial charge in [0.1, 0.15) is 0 Å². The van der Waals surface area contributed by atoms with Crippen molar-refractivity contribution in [1.82, 2.24) is 0 Å². The Labute approximate surface area is 68.3 Å². The topological polar surface area (TPSA) is 0 Å². The summed E-state index contributed by atoms with van der Waals surface area (Å²) in [7, 11) is 0. The van der Waals surface area contributed by atoms with Gasteiger partial charge in [-0.15, -0.1) is 0 Å². The molecule has 0 amide bonds. The Bertz CT molecular complexity index is 253. The third kappa shape index (κ3) is 1.07. The van der Waals surface area contributed by atoms with Gasteiger partial charge in [-0.05, 0) is 37.7 Å². The molecule has 0 heterocycles. The third-order valence-electron chi connectivity index (χ3n) is 2.75.